The van der Waals surface area contributed by atoms with Gasteiger partial charge in [-0.15, -0.1) is 0 Å². The van der Waals surface area contributed by atoms with E-state index in [4.69, 9.17) is 4.18 Å². The highest BCUT2D eigenvalue weighted by atomic mass is 32.2. The van der Waals surface area contributed by atoms with Gasteiger partial charge < -0.3 is 9.29 Å². The molecule has 158 valence electrons. The molecule has 4 rings (SSSR count). The molecule has 30 heavy (non-hydrogen) atoms. The summed E-state index contributed by atoms with van der Waals surface area (Å²) < 4.78 is 6.18. The molecule has 0 saturated heterocycles. The average Bonchev–Trinajstić information content (AvgIpc) is 2.92. The van der Waals surface area contributed by atoms with Crippen LogP contribution in [0.15, 0.2) is 40.8 Å². The smallest absolute Gasteiger partial charge is 0.106 e. The zero-order chi connectivity index (χ0) is 21.9. The largest absolute Gasteiger partial charge is 0.387 e. The van der Waals surface area contributed by atoms with Crippen LogP contribution in [-0.2, 0) is 9.60 Å². The van der Waals surface area contributed by atoms with Gasteiger partial charge in [-0.25, -0.2) is 0 Å². The summed E-state index contributed by atoms with van der Waals surface area (Å²) in [5.74, 6) is 0.119. The van der Waals surface area contributed by atoms with Crippen molar-refractivity contribution >= 4 is 28.4 Å². The van der Waals surface area contributed by atoms with Gasteiger partial charge in [-0.2, -0.15) is 5.26 Å². The van der Waals surface area contributed by atoms with E-state index >= 15 is 0 Å². The van der Waals surface area contributed by atoms with Gasteiger partial charge in [-0.3, -0.25) is 0 Å². The van der Waals surface area contributed by atoms with Gasteiger partial charge in [0.15, 0.2) is 0 Å². The summed E-state index contributed by atoms with van der Waals surface area (Å²) in [6.07, 6.45) is 2.79. The van der Waals surface area contributed by atoms with Crippen molar-refractivity contribution in [1.29, 1.82) is 5.26 Å². The third kappa shape index (κ3) is 3.28. The van der Waals surface area contributed by atoms with Gasteiger partial charge in [0.2, 0.25) is 0 Å². The number of benzene rings is 2. The Morgan fingerprint density at radius 3 is 2.47 bits per heavy atom. The third-order valence-electron chi connectivity index (χ3n) is 7.29. The van der Waals surface area contributed by atoms with Gasteiger partial charge >= 0.3 is 0 Å². The lowest BCUT2D eigenvalue weighted by molar-refractivity contribution is -0.0813. The first-order valence-corrected chi connectivity index (χ1v) is 11.5. The molecule has 2 aliphatic carbocycles. The van der Waals surface area contributed by atoms with Crippen LogP contribution in [0.4, 0.5) is 0 Å². The molecule has 4 heteroatoms. The monoisotopic (exact) mass is 421 g/mol. The Kier molecular flexibility index (Phi) is 5.09. The maximum atomic E-state index is 10.5. The van der Waals surface area contributed by atoms with Crippen molar-refractivity contribution < 1.29 is 9.29 Å². The van der Waals surface area contributed by atoms with E-state index in [1.54, 1.807) is 13.8 Å². The zero-order valence-electron chi connectivity index (χ0n) is 18.8. The lowest BCUT2D eigenvalue weighted by Gasteiger charge is -2.36. The van der Waals surface area contributed by atoms with Crippen LogP contribution < -0.4 is 0 Å². The molecule has 0 bridgehead atoms. The van der Waals surface area contributed by atoms with E-state index in [9.17, 15) is 10.4 Å². The van der Waals surface area contributed by atoms with E-state index in [1.807, 2.05) is 13.8 Å². The fourth-order valence-corrected chi connectivity index (χ4v) is 5.54. The topological polar surface area (TPSA) is 53.2 Å². The minimum Gasteiger partial charge on any atom is -0.387 e. The van der Waals surface area contributed by atoms with Gasteiger partial charge in [0.1, 0.15) is 5.60 Å². The lowest BCUT2D eigenvalue weighted by Crippen LogP contribution is -2.45. The van der Waals surface area contributed by atoms with Crippen LogP contribution in [-0.4, -0.2) is 16.3 Å². The first kappa shape index (κ1) is 21.4. The predicted molar refractivity (Wildman–Crippen MR) is 124 cm³/mol. The lowest BCUT2D eigenvalue weighted by atomic mass is 9.75. The molecular formula is C26H31NO2S. The van der Waals surface area contributed by atoms with Crippen molar-refractivity contribution in [2.75, 3.05) is 0 Å². The van der Waals surface area contributed by atoms with Crippen LogP contribution >= 0.6 is 12.0 Å². The SMILES string of the molecule is CC1(C)C2=C(CCC(C#N)C2)c2c1cc(SOC(C)(C)C(C)(C)O)c1ccccc21. The van der Waals surface area contributed by atoms with Crippen molar-refractivity contribution in [3.8, 4) is 6.07 Å². The van der Waals surface area contributed by atoms with Crippen LogP contribution in [0.5, 0.6) is 0 Å². The highest BCUT2D eigenvalue weighted by Crippen LogP contribution is 2.56. The molecule has 1 atom stereocenters. The first-order valence-electron chi connectivity index (χ1n) is 10.7. The second-order valence-corrected chi connectivity index (χ2v) is 11.0. The molecule has 2 aromatic rings. The Morgan fingerprint density at radius 2 is 1.83 bits per heavy atom. The molecule has 0 heterocycles. The normalized spacial score (nSPS) is 20.8. The maximum Gasteiger partial charge on any atom is 0.106 e. The van der Waals surface area contributed by atoms with Crippen LogP contribution in [0.2, 0.25) is 0 Å². The molecule has 2 aliphatic rings. The minimum atomic E-state index is -0.960. The number of hydrogen-bond donors (Lipinski definition) is 1. The second-order valence-electron chi connectivity index (χ2n) is 10.2. The highest BCUT2D eigenvalue weighted by Gasteiger charge is 2.42. The van der Waals surface area contributed by atoms with E-state index in [2.05, 4.69) is 50.2 Å². The summed E-state index contributed by atoms with van der Waals surface area (Å²) in [6, 6.07) is 13.3. The van der Waals surface area contributed by atoms with Crippen LogP contribution in [0.3, 0.4) is 0 Å². The minimum absolute atomic E-state index is 0.0920. The molecular weight excluding hydrogens is 390 g/mol. The number of nitrogens with zero attached hydrogens (tertiary/aromatic N) is 1. The highest BCUT2D eigenvalue weighted by molar-refractivity contribution is 7.95. The number of nitriles is 1. The van der Waals surface area contributed by atoms with Crippen LogP contribution in [0.1, 0.15) is 71.9 Å². The molecule has 0 spiro atoms. The van der Waals surface area contributed by atoms with E-state index in [-0.39, 0.29) is 11.3 Å². The Labute approximate surface area is 184 Å². The molecule has 1 N–H and O–H groups in total. The van der Waals surface area contributed by atoms with Crippen molar-refractivity contribution in [1.82, 2.24) is 0 Å². The fourth-order valence-electron chi connectivity index (χ4n) is 4.60. The fraction of sp³-hybridized carbons (Fsp3) is 0.500. The summed E-state index contributed by atoms with van der Waals surface area (Å²) in [5.41, 5.74) is 3.83. The van der Waals surface area contributed by atoms with Crippen molar-refractivity contribution in [3.63, 3.8) is 0 Å². The molecule has 0 fully saturated rings. The molecule has 0 aliphatic heterocycles. The van der Waals surface area contributed by atoms with E-state index < -0.39 is 11.2 Å². The maximum absolute atomic E-state index is 10.5. The van der Waals surface area contributed by atoms with Crippen LogP contribution in [0.25, 0.3) is 16.3 Å². The predicted octanol–water partition coefficient (Wildman–Crippen LogP) is 6.78. The van der Waals surface area contributed by atoms with E-state index in [0.717, 1.165) is 24.2 Å². The molecule has 3 nitrogen and oxygen atoms in total. The summed E-state index contributed by atoms with van der Waals surface area (Å²) in [4.78, 5) is 1.08. The van der Waals surface area contributed by atoms with Gasteiger partial charge in [0.25, 0.3) is 0 Å². The Bertz CT molecular complexity index is 1080. The first-order chi connectivity index (χ1) is 14.0. The molecule has 0 aromatic heterocycles. The number of aliphatic hydroxyl groups is 1. The Balaban J connectivity index is 1.83. The number of allylic oxidation sites excluding steroid dienone is 2. The average molecular weight is 422 g/mol. The Morgan fingerprint density at radius 1 is 1.17 bits per heavy atom. The third-order valence-corrected chi connectivity index (χ3v) is 8.31. The summed E-state index contributed by atoms with van der Waals surface area (Å²) in [5, 5.41) is 22.4. The van der Waals surface area contributed by atoms with Crippen LogP contribution in [0, 0.1) is 17.2 Å². The quantitative estimate of drug-likeness (QED) is 0.553. The summed E-state index contributed by atoms with van der Waals surface area (Å²) in [7, 11) is 0. The Hall–Kier alpha value is -1.80. The van der Waals surface area contributed by atoms with E-state index in [0.29, 0.717) is 0 Å². The summed E-state index contributed by atoms with van der Waals surface area (Å²) >= 11 is 1.36. The zero-order valence-corrected chi connectivity index (χ0v) is 19.6. The number of hydrogen-bond acceptors (Lipinski definition) is 4. The second kappa shape index (κ2) is 7.12. The van der Waals surface area contributed by atoms with Crippen molar-refractivity contribution in [2.45, 2.75) is 82.3 Å². The van der Waals surface area contributed by atoms with Gasteiger partial charge in [0, 0.05) is 22.4 Å². The van der Waals surface area contributed by atoms with Crippen molar-refractivity contribution in [3.05, 3.63) is 47.0 Å². The molecule has 0 amide bonds. The number of fused-ring (bicyclic) bond motifs is 4. The van der Waals surface area contributed by atoms with Gasteiger partial charge in [-0.05, 0) is 80.5 Å². The molecule has 0 radical (unpaired) electrons. The molecule has 1 unspecified atom stereocenters. The van der Waals surface area contributed by atoms with E-state index in [1.165, 1.54) is 45.1 Å². The van der Waals surface area contributed by atoms with Crippen molar-refractivity contribution in [2.24, 2.45) is 5.92 Å². The summed E-state index contributed by atoms with van der Waals surface area (Å²) in [6.45, 7) is 12.0. The molecule has 2 aromatic carbocycles. The number of rotatable bonds is 4. The standard InChI is InChI=1S/C26H31NO2S/c1-24(2)20-13-16(15-27)11-12-19(20)23-18-10-8-7-9-17(18)22(14-21(23)24)30-29-26(5,6)25(3,4)28/h7-10,14,16,28H,11-13H2,1-6H3. The van der Waals surface area contributed by atoms with Gasteiger partial charge in [-0.1, -0.05) is 43.7 Å². The van der Waals surface area contributed by atoms with Gasteiger partial charge in [0.05, 0.1) is 17.6 Å². The molecule has 0 saturated carbocycles.